The summed E-state index contributed by atoms with van der Waals surface area (Å²) in [7, 11) is 1.56. The van der Waals surface area contributed by atoms with Gasteiger partial charge in [0.05, 0.1) is 47.5 Å². The third-order valence-electron chi connectivity index (χ3n) is 9.08. The van der Waals surface area contributed by atoms with Crippen molar-refractivity contribution in [3.8, 4) is 45.4 Å². The average molecular weight is 704 g/mol. The van der Waals surface area contributed by atoms with Gasteiger partial charge in [-0.2, -0.15) is 0 Å². The van der Waals surface area contributed by atoms with Crippen LogP contribution >= 0.6 is 23.2 Å². The summed E-state index contributed by atoms with van der Waals surface area (Å²) >= 11 is 14.1. The van der Waals surface area contributed by atoms with Crippen LogP contribution in [0.3, 0.4) is 0 Å². The Morgan fingerprint density at radius 1 is 0.878 bits per heavy atom. The van der Waals surface area contributed by atoms with Crippen LogP contribution in [0.4, 0.5) is 0 Å². The van der Waals surface area contributed by atoms with E-state index < -0.39 is 0 Å². The molecule has 4 aromatic rings. The number of nitrogens with one attached hydrogen (secondary N) is 3. The van der Waals surface area contributed by atoms with Gasteiger partial charge in [0.15, 0.2) is 0 Å². The summed E-state index contributed by atoms with van der Waals surface area (Å²) in [5, 5.41) is 11.9. The number of carbonyl (C=O) groups excluding carboxylic acids is 2. The summed E-state index contributed by atoms with van der Waals surface area (Å²) in [4.78, 5) is 48.4. The molecule has 0 aliphatic carbocycles. The van der Waals surface area contributed by atoms with Gasteiger partial charge in [0, 0.05) is 61.3 Å². The number of ether oxygens (including phenoxy) is 1. The molecule has 2 aromatic heterocycles. The molecule has 2 aromatic carbocycles. The van der Waals surface area contributed by atoms with Crippen molar-refractivity contribution >= 4 is 35.0 Å². The van der Waals surface area contributed by atoms with Crippen LogP contribution in [0.25, 0.3) is 33.6 Å². The molecule has 49 heavy (non-hydrogen) atoms. The average Bonchev–Trinajstić information content (AvgIpc) is 3.50. The molecule has 0 bridgehead atoms. The van der Waals surface area contributed by atoms with E-state index in [0.29, 0.717) is 102 Å². The minimum Gasteiger partial charge on any atom is -0.480 e. The molecule has 5 heterocycles. The SMILES string of the molecule is COc1nc(-c2cccc(-c3cccc(-c4cnc5c(n4)ON(CC4CCNC(=O)C4)C5)c3Cl)c2Cl)cnc1CNCC1CCNC(=O)C1. The van der Waals surface area contributed by atoms with Crippen molar-refractivity contribution in [3.63, 3.8) is 0 Å². The largest absolute Gasteiger partial charge is 0.480 e. The number of nitrogens with zero attached hydrogens (tertiary/aromatic N) is 5. The molecule has 3 N–H and O–H groups in total. The highest BCUT2D eigenvalue weighted by molar-refractivity contribution is 6.39. The standard InChI is InChI=1S/C35H36Cl2N8O4/c1-48-34-28(15-38-14-20-8-10-39-30(46)12-20)41-16-26(43-34)24-6-2-4-22(32(24)36)23-5-3-7-25(33(23)37)27-17-42-29-19-45(49-35(29)44-27)18-21-9-11-40-31(47)13-21/h2-7,16-17,20-21,38H,8-15,18-19H2,1H3,(H,39,46)(H,40,47). The lowest BCUT2D eigenvalue weighted by Gasteiger charge is -2.25. The topological polar surface area (TPSA) is 143 Å². The monoisotopic (exact) mass is 702 g/mol. The summed E-state index contributed by atoms with van der Waals surface area (Å²) in [6.45, 7) is 3.68. The summed E-state index contributed by atoms with van der Waals surface area (Å²) < 4.78 is 5.60. The molecule has 7 rings (SSSR count). The van der Waals surface area contributed by atoms with Gasteiger partial charge in [-0.25, -0.2) is 9.97 Å². The lowest BCUT2D eigenvalue weighted by molar-refractivity contribution is -0.125. The second kappa shape index (κ2) is 14.6. The van der Waals surface area contributed by atoms with Crippen LogP contribution < -0.4 is 25.5 Å². The number of carbonyl (C=O) groups is 2. The number of amides is 2. The zero-order valence-electron chi connectivity index (χ0n) is 27.0. The lowest BCUT2D eigenvalue weighted by Crippen LogP contribution is -2.38. The van der Waals surface area contributed by atoms with Gasteiger partial charge in [0.2, 0.25) is 17.7 Å². The van der Waals surface area contributed by atoms with E-state index in [4.69, 9.17) is 42.7 Å². The van der Waals surface area contributed by atoms with E-state index in [9.17, 15) is 9.59 Å². The number of halogens is 2. The number of hydrogen-bond donors (Lipinski definition) is 3. The number of hydrogen-bond acceptors (Lipinski definition) is 10. The number of rotatable bonds is 10. The Kier molecular flexibility index (Phi) is 9.90. The van der Waals surface area contributed by atoms with Crippen molar-refractivity contribution < 1.29 is 19.2 Å². The van der Waals surface area contributed by atoms with Gasteiger partial charge < -0.3 is 25.5 Å². The van der Waals surface area contributed by atoms with Crippen LogP contribution in [-0.2, 0) is 22.7 Å². The van der Waals surface area contributed by atoms with Crippen LogP contribution in [0.15, 0.2) is 48.8 Å². The third kappa shape index (κ3) is 7.32. The molecular weight excluding hydrogens is 667 g/mol. The van der Waals surface area contributed by atoms with Crippen molar-refractivity contribution in [1.82, 2.24) is 40.9 Å². The van der Waals surface area contributed by atoms with Crippen molar-refractivity contribution in [2.24, 2.45) is 11.8 Å². The Morgan fingerprint density at radius 3 is 2.16 bits per heavy atom. The maximum Gasteiger partial charge on any atom is 0.261 e. The van der Waals surface area contributed by atoms with Gasteiger partial charge >= 0.3 is 0 Å². The van der Waals surface area contributed by atoms with Gasteiger partial charge in [0.1, 0.15) is 11.4 Å². The van der Waals surface area contributed by atoms with E-state index in [-0.39, 0.29) is 23.7 Å². The smallest absolute Gasteiger partial charge is 0.261 e. The molecule has 2 atom stereocenters. The number of piperidine rings is 2. The van der Waals surface area contributed by atoms with Crippen molar-refractivity contribution in [2.75, 3.05) is 33.3 Å². The second-order valence-corrected chi connectivity index (χ2v) is 13.3. The van der Waals surface area contributed by atoms with Crippen molar-refractivity contribution in [3.05, 3.63) is 70.2 Å². The zero-order chi connectivity index (χ0) is 33.9. The van der Waals surface area contributed by atoms with Crippen molar-refractivity contribution in [1.29, 1.82) is 0 Å². The molecular formula is C35H36Cl2N8O4. The molecule has 2 saturated heterocycles. The van der Waals surface area contributed by atoms with Gasteiger partial charge in [-0.1, -0.05) is 59.6 Å². The molecule has 14 heteroatoms. The highest BCUT2D eigenvalue weighted by atomic mass is 35.5. The van der Waals surface area contributed by atoms with Gasteiger partial charge in [-0.3, -0.25) is 19.6 Å². The van der Waals surface area contributed by atoms with E-state index in [0.717, 1.165) is 29.7 Å². The number of aromatic nitrogens is 4. The molecule has 0 spiro atoms. The van der Waals surface area contributed by atoms with E-state index in [2.05, 4.69) is 25.9 Å². The molecule has 3 aliphatic rings. The Labute approximate surface area is 293 Å². The predicted octanol–water partition coefficient (Wildman–Crippen LogP) is 4.83. The summed E-state index contributed by atoms with van der Waals surface area (Å²) in [6.07, 6.45) is 6.25. The molecule has 0 saturated carbocycles. The third-order valence-corrected chi connectivity index (χ3v) is 9.90. The highest BCUT2D eigenvalue weighted by Crippen LogP contribution is 2.42. The van der Waals surface area contributed by atoms with Crippen LogP contribution in [0.5, 0.6) is 11.8 Å². The summed E-state index contributed by atoms with van der Waals surface area (Å²) in [6, 6.07) is 11.4. The molecule has 0 radical (unpaired) electrons. The van der Waals surface area contributed by atoms with Crippen LogP contribution in [0.1, 0.15) is 37.1 Å². The first kappa shape index (κ1) is 33.2. The number of hydroxylamine groups is 2. The maximum absolute atomic E-state index is 11.8. The quantitative estimate of drug-likeness (QED) is 0.210. The van der Waals surface area contributed by atoms with Crippen LogP contribution in [-0.4, -0.2) is 70.1 Å². The van der Waals surface area contributed by atoms with E-state index in [1.807, 2.05) is 41.5 Å². The number of methoxy groups -OCH3 is 1. The fourth-order valence-electron chi connectivity index (χ4n) is 6.54. The summed E-state index contributed by atoms with van der Waals surface area (Å²) in [5.41, 5.74) is 5.36. The van der Waals surface area contributed by atoms with Crippen molar-refractivity contribution in [2.45, 2.75) is 38.8 Å². The second-order valence-electron chi connectivity index (χ2n) is 12.5. The maximum atomic E-state index is 11.8. The van der Waals surface area contributed by atoms with E-state index in [1.165, 1.54) is 0 Å². The Balaban J connectivity index is 1.08. The highest BCUT2D eigenvalue weighted by Gasteiger charge is 2.29. The van der Waals surface area contributed by atoms with Crippen LogP contribution in [0.2, 0.25) is 10.0 Å². The molecule has 3 aliphatic heterocycles. The Bertz CT molecular complexity index is 1890. The fraction of sp³-hybridized carbons (Fsp3) is 0.371. The molecule has 254 valence electrons. The van der Waals surface area contributed by atoms with Crippen LogP contribution in [0, 0.1) is 11.8 Å². The minimum absolute atomic E-state index is 0.0737. The molecule has 2 amide bonds. The first-order valence-corrected chi connectivity index (χ1v) is 17.1. The fourth-order valence-corrected chi connectivity index (χ4v) is 7.19. The van der Waals surface area contributed by atoms with Gasteiger partial charge in [-0.15, -0.1) is 5.06 Å². The zero-order valence-corrected chi connectivity index (χ0v) is 28.5. The number of benzene rings is 2. The molecule has 2 fully saturated rings. The Hall–Kier alpha value is -4.36. The summed E-state index contributed by atoms with van der Waals surface area (Å²) in [5.74, 6) is 1.51. The molecule has 2 unspecified atom stereocenters. The normalized spacial score (nSPS) is 19.2. The minimum atomic E-state index is 0.0737. The number of fused-ring (bicyclic) bond motifs is 1. The van der Waals surface area contributed by atoms with E-state index in [1.54, 1.807) is 19.5 Å². The lowest BCUT2D eigenvalue weighted by atomic mass is 9.97. The van der Waals surface area contributed by atoms with Gasteiger partial charge in [-0.05, 0) is 31.2 Å². The molecule has 12 nitrogen and oxygen atoms in total. The van der Waals surface area contributed by atoms with E-state index >= 15 is 0 Å². The first-order chi connectivity index (χ1) is 23.9. The van der Waals surface area contributed by atoms with Gasteiger partial charge in [0.25, 0.3) is 5.88 Å². The predicted molar refractivity (Wildman–Crippen MR) is 185 cm³/mol. The first-order valence-electron chi connectivity index (χ1n) is 16.4. The Morgan fingerprint density at radius 2 is 1.49 bits per heavy atom.